The molecule has 0 saturated heterocycles. The minimum absolute atomic E-state index is 0.0894. The normalized spacial score (nSPS) is 13.4. The van der Waals surface area contributed by atoms with Gasteiger partial charge in [-0.05, 0) is 63.1 Å². The molecule has 0 radical (unpaired) electrons. The summed E-state index contributed by atoms with van der Waals surface area (Å²) >= 11 is 12.6. The summed E-state index contributed by atoms with van der Waals surface area (Å²) in [6, 6.07) is 14.5. The third-order valence-electron chi connectivity index (χ3n) is 5.23. The minimum Gasteiger partial charge on any atom is -0.479 e. The number of carboxylic acids is 1. The summed E-state index contributed by atoms with van der Waals surface area (Å²) in [4.78, 5) is 29.2. The summed E-state index contributed by atoms with van der Waals surface area (Å²) < 4.78 is 5.28. The van der Waals surface area contributed by atoms with Crippen LogP contribution in [0.15, 0.2) is 48.5 Å². The average Bonchev–Trinajstić information content (AvgIpc) is 2.71. The molecule has 174 valence electrons. The highest BCUT2D eigenvalue weighted by molar-refractivity contribution is 6.39. The molecule has 1 amide bonds. The molecular formula is C25H26Cl2N2O4. The Hall–Kier alpha value is -2.83. The van der Waals surface area contributed by atoms with Gasteiger partial charge in [0, 0.05) is 17.4 Å². The fourth-order valence-corrected chi connectivity index (χ4v) is 4.14. The highest BCUT2D eigenvalue weighted by Crippen LogP contribution is 2.34. The van der Waals surface area contributed by atoms with E-state index in [4.69, 9.17) is 27.9 Å². The van der Waals surface area contributed by atoms with Crippen molar-refractivity contribution in [3.8, 4) is 11.3 Å². The van der Waals surface area contributed by atoms with Crippen LogP contribution in [0.3, 0.4) is 0 Å². The van der Waals surface area contributed by atoms with Crippen molar-refractivity contribution >= 4 is 46.2 Å². The second-order valence-electron chi connectivity index (χ2n) is 8.86. The number of carboxylic acid groups (broad SMARTS) is 1. The van der Waals surface area contributed by atoms with Crippen molar-refractivity contribution in [2.75, 3.05) is 0 Å². The average molecular weight is 489 g/mol. The molecule has 0 bridgehead atoms. The van der Waals surface area contributed by atoms with E-state index in [1.807, 2.05) is 24.3 Å². The lowest BCUT2D eigenvalue weighted by Crippen LogP contribution is -2.56. The zero-order valence-corrected chi connectivity index (χ0v) is 20.4. The van der Waals surface area contributed by atoms with Gasteiger partial charge < -0.3 is 15.2 Å². The molecule has 3 rings (SSSR count). The van der Waals surface area contributed by atoms with E-state index in [0.29, 0.717) is 26.8 Å². The molecular weight excluding hydrogens is 463 g/mol. The molecule has 3 aromatic rings. The van der Waals surface area contributed by atoms with Crippen LogP contribution < -0.4 is 5.32 Å². The molecule has 0 saturated carbocycles. The summed E-state index contributed by atoms with van der Waals surface area (Å²) in [5.41, 5.74) is 0.515. The van der Waals surface area contributed by atoms with Crippen molar-refractivity contribution in [2.45, 2.75) is 51.7 Å². The Labute approximate surface area is 202 Å². The largest absolute Gasteiger partial charge is 0.479 e. The predicted octanol–water partition coefficient (Wildman–Crippen LogP) is 6.51. The number of alkyl carbamates (subject to hydrolysis) is 1. The fraction of sp³-hybridized carbons (Fsp3) is 0.320. The van der Waals surface area contributed by atoms with Crippen LogP contribution in [0.1, 0.15) is 39.7 Å². The molecule has 0 fully saturated rings. The Kier molecular flexibility index (Phi) is 7.20. The van der Waals surface area contributed by atoms with E-state index < -0.39 is 23.2 Å². The number of amides is 1. The number of halogens is 2. The monoisotopic (exact) mass is 488 g/mol. The van der Waals surface area contributed by atoms with Crippen LogP contribution in [0.25, 0.3) is 22.2 Å². The van der Waals surface area contributed by atoms with E-state index in [-0.39, 0.29) is 12.8 Å². The predicted molar refractivity (Wildman–Crippen MR) is 131 cm³/mol. The van der Waals surface area contributed by atoms with E-state index in [0.717, 1.165) is 10.9 Å². The number of aliphatic carboxylic acids is 1. The molecule has 0 aliphatic rings. The van der Waals surface area contributed by atoms with Crippen LogP contribution >= 0.6 is 23.2 Å². The first-order valence-electron chi connectivity index (χ1n) is 10.5. The summed E-state index contributed by atoms with van der Waals surface area (Å²) in [7, 11) is 0. The Bertz CT molecular complexity index is 1190. The van der Waals surface area contributed by atoms with E-state index in [1.165, 1.54) is 0 Å². The van der Waals surface area contributed by atoms with Gasteiger partial charge in [-0.25, -0.2) is 14.6 Å². The Balaban J connectivity index is 1.92. The van der Waals surface area contributed by atoms with Crippen LogP contribution in [0.4, 0.5) is 4.79 Å². The number of hydrogen-bond acceptors (Lipinski definition) is 4. The molecule has 0 unspecified atom stereocenters. The Morgan fingerprint density at radius 2 is 1.73 bits per heavy atom. The molecule has 0 aliphatic carbocycles. The fourth-order valence-electron chi connectivity index (χ4n) is 3.55. The van der Waals surface area contributed by atoms with Gasteiger partial charge in [0.1, 0.15) is 11.1 Å². The van der Waals surface area contributed by atoms with Crippen molar-refractivity contribution in [1.82, 2.24) is 10.3 Å². The van der Waals surface area contributed by atoms with Crippen molar-refractivity contribution in [3.63, 3.8) is 0 Å². The quantitative estimate of drug-likeness (QED) is 0.412. The van der Waals surface area contributed by atoms with Crippen LogP contribution in [-0.2, 0) is 16.0 Å². The molecule has 1 aromatic heterocycles. The van der Waals surface area contributed by atoms with Crippen LogP contribution in [0, 0.1) is 0 Å². The highest BCUT2D eigenvalue weighted by atomic mass is 35.5. The first-order chi connectivity index (χ1) is 15.4. The maximum atomic E-state index is 12.3. The van der Waals surface area contributed by atoms with Crippen LogP contribution in [-0.4, -0.2) is 33.3 Å². The number of hydrogen-bond donors (Lipinski definition) is 2. The number of ether oxygens (including phenoxy) is 1. The summed E-state index contributed by atoms with van der Waals surface area (Å²) in [6.45, 7) is 6.89. The second-order valence-corrected chi connectivity index (χ2v) is 9.68. The number of pyridine rings is 1. The van der Waals surface area contributed by atoms with Gasteiger partial charge in [-0.3, -0.25) is 0 Å². The van der Waals surface area contributed by atoms with Gasteiger partial charge in [0.15, 0.2) is 0 Å². The number of carbonyl (C=O) groups is 2. The number of fused-ring (bicyclic) bond motifs is 1. The summed E-state index contributed by atoms with van der Waals surface area (Å²) in [5, 5.41) is 14.4. The molecule has 2 aromatic carbocycles. The molecule has 1 atom stereocenters. The number of nitrogens with zero attached hydrogens (tertiary/aromatic N) is 1. The topological polar surface area (TPSA) is 88.5 Å². The Morgan fingerprint density at radius 3 is 2.30 bits per heavy atom. The van der Waals surface area contributed by atoms with Gasteiger partial charge in [-0.1, -0.05) is 48.3 Å². The van der Waals surface area contributed by atoms with E-state index >= 15 is 0 Å². The number of carbonyl (C=O) groups excluding carboxylic acids is 1. The lowest BCUT2D eigenvalue weighted by molar-refractivity contribution is -0.145. The van der Waals surface area contributed by atoms with Gasteiger partial charge in [-0.2, -0.15) is 0 Å². The van der Waals surface area contributed by atoms with Gasteiger partial charge in [0.2, 0.25) is 0 Å². The minimum atomic E-state index is -1.51. The third-order valence-corrected chi connectivity index (χ3v) is 5.86. The van der Waals surface area contributed by atoms with Gasteiger partial charge in [0.25, 0.3) is 0 Å². The van der Waals surface area contributed by atoms with Crippen molar-refractivity contribution in [3.05, 3.63) is 64.1 Å². The molecule has 8 heteroatoms. The maximum absolute atomic E-state index is 12.3. The lowest BCUT2D eigenvalue weighted by atomic mass is 9.87. The zero-order chi connectivity index (χ0) is 24.4. The van der Waals surface area contributed by atoms with Crippen molar-refractivity contribution in [1.29, 1.82) is 0 Å². The van der Waals surface area contributed by atoms with E-state index in [9.17, 15) is 14.7 Å². The molecule has 2 N–H and O–H groups in total. The van der Waals surface area contributed by atoms with Crippen LogP contribution in [0.2, 0.25) is 10.0 Å². The van der Waals surface area contributed by atoms with E-state index in [2.05, 4.69) is 10.3 Å². The lowest BCUT2D eigenvalue weighted by Gasteiger charge is -2.31. The standard InChI is InChI=1S/C25H26Cl2N2O4/c1-5-25(22(30)31,29-23(32)33-24(2,3)4)14-15-9-11-19-16(13-15)10-12-20(28-19)21-17(26)7-6-8-18(21)27/h6-13H,5,14H2,1-4H3,(H,29,32)(H,30,31)/t25-/m0/s1. The number of aromatic nitrogens is 1. The van der Waals surface area contributed by atoms with Gasteiger partial charge in [0.05, 0.1) is 21.3 Å². The second kappa shape index (κ2) is 9.57. The highest BCUT2D eigenvalue weighted by Gasteiger charge is 2.40. The molecule has 0 spiro atoms. The molecule has 6 nitrogen and oxygen atoms in total. The van der Waals surface area contributed by atoms with E-state index in [1.54, 1.807) is 52.0 Å². The number of rotatable bonds is 6. The maximum Gasteiger partial charge on any atom is 0.408 e. The summed E-state index contributed by atoms with van der Waals surface area (Å²) in [6.07, 6.45) is -0.496. The SMILES string of the molecule is CC[C@@](Cc1ccc2nc(-c3c(Cl)cccc3Cl)ccc2c1)(NC(=O)OC(C)(C)C)C(=O)O. The van der Waals surface area contributed by atoms with Crippen molar-refractivity contribution < 1.29 is 19.4 Å². The zero-order valence-electron chi connectivity index (χ0n) is 18.9. The first kappa shape index (κ1) is 24.8. The molecule has 0 aliphatic heterocycles. The number of benzene rings is 2. The Morgan fingerprint density at radius 1 is 1.06 bits per heavy atom. The third kappa shape index (κ3) is 5.75. The first-order valence-corrected chi connectivity index (χ1v) is 11.3. The summed E-state index contributed by atoms with van der Waals surface area (Å²) in [5.74, 6) is -1.13. The van der Waals surface area contributed by atoms with Crippen LogP contribution in [0.5, 0.6) is 0 Å². The smallest absolute Gasteiger partial charge is 0.408 e. The molecule has 33 heavy (non-hydrogen) atoms. The number of nitrogens with one attached hydrogen (secondary N) is 1. The van der Waals surface area contributed by atoms with Gasteiger partial charge >= 0.3 is 12.1 Å². The van der Waals surface area contributed by atoms with Gasteiger partial charge in [-0.15, -0.1) is 0 Å². The molecule has 1 heterocycles. The van der Waals surface area contributed by atoms with Crippen molar-refractivity contribution in [2.24, 2.45) is 0 Å².